The third-order valence-corrected chi connectivity index (χ3v) is 6.35. The maximum Gasteiger partial charge on any atom is 0.410 e. The third kappa shape index (κ3) is 3.74. The summed E-state index contributed by atoms with van der Waals surface area (Å²) < 4.78 is 11.2. The van der Waals surface area contributed by atoms with Crippen LogP contribution in [0.15, 0.2) is 83.5 Å². The lowest BCUT2D eigenvalue weighted by Crippen LogP contribution is -2.44. The Morgan fingerprint density at radius 1 is 0.970 bits per heavy atom. The molecule has 1 heterocycles. The average Bonchev–Trinajstić information content (AvgIpc) is 3.39. The number of likely N-dealkylation sites (N-methyl/N-ethyl adjacent to an activating group) is 1. The smallest absolute Gasteiger partial charge is 0.410 e. The van der Waals surface area contributed by atoms with Gasteiger partial charge in [0.25, 0.3) is 0 Å². The molecule has 0 spiro atoms. The van der Waals surface area contributed by atoms with Crippen LogP contribution in [0.4, 0.5) is 4.79 Å². The minimum atomic E-state index is -1.10. The summed E-state index contributed by atoms with van der Waals surface area (Å²) in [6.45, 7) is 0.137. The Morgan fingerprint density at radius 2 is 1.58 bits per heavy atom. The van der Waals surface area contributed by atoms with Crippen molar-refractivity contribution in [3.8, 4) is 11.1 Å². The van der Waals surface area contributed by atoms with Gasteiger partial charge in [-0.15, -0.1) is 0 Å². The van der Waals surface area contributed by atoms with Gasteiger partial charge in [-0.2, -0.15) is 0 Å². The van der Waals surface area contributed by atoms with Gasteiger partial charge in [-0.3, -0.25) is 4.90 Å². The number of amides is 1. The predicted molar refractivity (Wildman–Crippen MR) is 124 cm³/mol. The van der Waals surface area contributed by atoms with Crippen LogP contribution in [-0.2, 0) is 16.0 Å². The number of carbonyl (C=O) groups is 2. The first-order chi connectivity index (χ1) is 16.0. The monoisotopic (exact) mass is 441 g/mol. The topological polar surface area (TPSA) is 80.0 Å². The van der Waals surface area contributed by atoms with Crippen LogP contribution in [0.3, 0.4) is 0 Å². The van der Waals surface area contributed by atoms with Gasteiger partial charge in [-0.25, -0.2) is 9.59 Å². The molecule has 0 aliphatic heterocycles. The van der Waals surface area contributed by atoms with Crippen LogP contribution in [0.2, 0.25) is 0 Å². The molecule has 6 nitrogen and oxygen atoms in total. The Morgan fingerprint density at radius 3 is 2.24 bits per heavy atom. The molecule has 1 N–H and O–H groups in total. The highest BCUT2D eigenvalue weighted by Crippen LogP contribution is 2.44. The van der Waals surface area contributed by atoms with Crippen LogP contribution in [0, 0.1) is 0 Å². The molecular weight excluding hydrogens is 418 g/mol. The Balaban J connectivity index is 1.32. The number of rotatable bonds is 6. The Labute approximate surface area is 191 Å². The van der Waals surface area contributed by atoms with Crippen LogP contribution in [-0.4, -0.2) is 41.8 Å². The van der Waals surface area contributed by atoms with E-state index < -0.39 is 18.1 Å². The van der Waals surface area contributed by atoms with Crippen LogP contribution in [0.25, 0.3) is 22.1 Å². The van der Waals surface area contributed by atoms with Gasteiger partial charge in [0.2, 0.25) is 0 Å². The molecule has 1 amide bonds. The number of hydrogen-bond acceptors (Lipinski definition) is 4. The first-order valence-corrected chi connectivity index (χ1v) is 10.8. The zero-order valence-electron chi connectivity index (χ0n) is 18.1. The molecule has 0 saturated carbocycles. The molecule has 0 unspecified atom stereocenters. The summed E-state index contributed by atoms with van der Waals surface area (Å²) in [5.74, 6) is -1.19. The Bertz CT molecular complexity index is 1300. The molecule has 0 fully saturated rings. The van der Waals surface area contributed by atoms with E-state index in [2.05, 4.69) is 12.1 Å². The van der Waals surface area contributed by atoms with Gasteiger partial charge >= 0.3 is 12.1 Å². The molecule has 6 heteroatoms. The van der Waals surface area contributed by atoms with Crippen LogP contribution < -0.4 is 0 Å². The van der Waals surface area contributed by atoms with Gasteiger partial charge in [0, 0.05) is 30.3 Å². The summed E-state index contributed by atoms with van der Waals surface area (Å²) in [6, 6.07) is 22.5. The fourth-order valence-electron chi connectivity index (χ4n) is 4.61. The molecular formula is C27H23NO5. The SMILES string of the molecule is CN(C(=O)OCC1c2ccccc2-c2ccccc21)[C@@H](Cc1coc2ccccc12)C(=O)O. The van der Waals surface area contributed by atoms with Crippen molar-refractivity contribution in [2.24, 2.45) is 0 Å². The number of ether oxygens (including phenoxy) is 1. The van der Waals surface area contributed by atoms with Crippen molar-refractivity contribution in [1.82, 2.24) is 4.90 Å². The van der Waals surface area contributed by atoms with E-state index in [0.29, 0.717) is 5.58 Å². The van der Waals surface area contributed by atoms with Crippen LogP contribution >= 0.6 is 0 Å². The predicted octanol–water partition coefficient (Wildman–Crippen LogP) is 5.31. The van der Waals surface area contributed by atoms with E-state index in [1.807, 2.05) is 60.7 Å². The Kier molecular flexibility index (Phi) is 5.34. The van der Waals surface area contributed by atoms with Gasteiger partial charge in [-0.05, 0) is 28.3 Å². The molecule has 33 heavy (non-hydrogen) atoms. The van der Waals surface area contributed by atoms with E-state index in [1.165, 1.54) is 7.05 Å². The standard InChI is InChI=1S/C27H23NO5/c1-28(24(26(29)30)14-17-15-32-25-13-7-6-8-18(17)25)27(31)33-16-23-21-11-4-2-9-19(21)20-10-3-5-12-22(20)23/h2-13,15,23-24H,14,16H2,1H3,(H,29,30)/t24-/m0/s1. The minimum Gasteiger partial charge on any atom is -0.480 e. The summed E-state index contributed by atoms with van der Waals surface area (Å²) >= 11 is 0. The molecule has 1 atom stereocenters. The minimum absolute atomic E-state index is 0.0872. The van der Waals surface area contributed by atoms with Crippen molar-refractivity contribution in [2.45, 2.75) is 18.4 Å². The number of hydrogen-bond donors (Lipinski definition) is 1. The quantitative estimate of drug-likeness (QED) is 0.439. The highest BCUT2D eigenvalue weighted by atomic mass is 16.6. The number of benzene rings is 3. The fourth-order valence-corrected chi connectivity index (χ4v) is 4.61. The van der Waals surface area contributed by atoms with E-state index in [4.69, 9.17) is 9.15 Å². The number of nitrogens with zero attached hydrogens (tertiary/aromatic N) is 1. The van der Waals surface area contributed by atoms with E-state index in [1.54, 1.807) is 6.26 Å². The van der Waals surface area contributed by atoms with Crippen molar-refractivity contribution in [2.75, 3.05) is 13.7 Å². The summed E-state index contributed by atoms with van der Waals surface area (Å²) in [5.41, 5.74) is 5.90. The molecule has 4 aromatic rings. The second-order valence-corrected chi connectivity index (χ2v) is 8.23. The van der Waals surface area contributed by atoms with Gasteiger partial charge in [0.1, 0.15) is 18.2 Å². The number of carboxylic acids is 1. The number of fused-ring (bicyclic) bond motifs is 4. The van der Waals surface area contributed by atoms with Crippen LogP contribution in [0.5, 0.6) is 0 Å². The lowest BCUT2D eigenvalue weighted by molar-refractivity contribution is -0.142. The molecule has 0 radical (unpaired) electrons. The number of carbonyl (C=O) groups excluding carboxylic acids is 1. The summed E-state index contributed by atoms with van der Waals surface area (Å²) in [7, 11) is 1.46. The number of para-hydroxylation sites is 1. The molecule has 0 saturated heterocycles. The van der Waals surface area contributed by atoms with Crippen molar-refractivity contribution < 1.29 is 23.8 Å². The molecule has 166 valence electrons. The Hall–Kier alpha value is -4.06. The van der Waals surface area contributed by atoms with Gasteiger partial charge in [0.05, 0.1) is 6.26 Å². The normalized spacial score (nSPS) is 13.4. The third-order valence-electron chi connectivity index (χ3n) is 6.35. The van der Waals surface area contributed by atoms with Crippen molar-refractivity contribution in [3.63, 3.8) is 0 Å². The highest BCUT2D eigenvalue weighted by Gasteiger charge is 2.32. The van der Waals surface area contributed by atoms with Crippen molar-refractivity contribution >= 4 is 23.0 Å². The largest absolute Gasteiger partial charge is 0.480 e. The van der Waals surface area contributed by atoms with E-state index in [0.717, 1.165) is 38.1 Å². The summed E-state index contributed by atoms with van der Waals surface area (Å²) in [6.07, 6.45) is 0.996. The molecule has 1 aliphatic carbocycles. The highest BCUT2D eigenvalue weighted by molar-refractivity contribution is 5.84. The number of furan rings is 1. The van der Waals surface area contributed by atoms with Gasteiger partial charge in [0.15, 0.2) is 0 Å². The van der Waals surface area contributed by atoms with Crippen molar-refractivity contribution in [3.05, 3.63) is 95.7 Å². The summed E-state index contributed by atoms with van der Waals surface area (Å²) in [4.78, 5) is 26.0. The van der Waals surface area contributed by atoms with E-state index >= 15 is 0 Å². The fraction of sp³-hybridized carbons (Fsp3) is 0.185. The maximum absolute atomic E-state index is 12.9. The lowest BCUT2D eigenvalue weighted by atomic mass is 9.98. The number of carboxylic acid groups (broad SMARTS) is 1. The average molecular weight is 441 g/mol. The lowest BCUT2D eigenvalue weighted by Gasteiger charge is -2.25. The summed E-state index contributed by atoms with van der Waals surface area (Å²) in [5, 5.41) is 10.7. The van der Waals surface area contributed by atoms with Gasteiger partial charge < -0.3 is 14.3 Å². The van der Waals surface area contributed by atoms with Gasteiger partial charge in [-0.1, -0.05) is 66.7 Å². The van der Waals surface area contributed by atoms with Crippen molar-refractivity contribution in [1.29, 1.82) is 0 Å². The second kappa shape index (κ2) is 8.47. The van der Waals surface area contributed by atoms with E-state index in [-0.39, 0.29) is 18.9 Å². The van der Waals surface area contributed by atoms with Crippen LogP contribution in [0.1, 0.15) is 22.6 Å². The zero-order chi connectivity index (χ0) is 22.9. The molecule has 5 rings (SSSR count). The number of aliphatic carboxylic acids is 1. The molecule has 0 bridgehead atoms. The molecule has 1 aromatic heterocycles. The molecule has 3 aromatic carbocycles. The second-order valence-electron chi connectivity index (χ2n) is 8.23. The first kappa shape index (κ1) is 20.8. The molecule has 1 aliphatic rings. The first-order valence-electron chi connectivity index (χ1n) is 10.8. The maximum atomic E-state index is 12.9. The zero-order valence-corrected chi connectivity index (χ0v) is 18.1. The van der Waals surface area contributed by atoms with E-state index in [9.17, 15) is 14.7 Å².